The summed E-state index contributed by atoms with van der Waals surface area (Å²) >= 11 is 2.95. The molecule has 0 aliphatic rings. The molecule has 2 rings (SSSR count). The van der Waals surface area contributed by atoms with Crippen LogP contribution in [0.4, 0.5) is 23.4 Å². The molecule has 134 valence electrons. The van der Waals surface area contributed by atoms with Gasteiger partial charge in [0, 0.05) is 6.20 Å². The minimum absolute atomic E-state index is 0.0201. The maximum atomic E-state index is 12.9. The Morgan fingerprint density at radius 2 is 1.80 bits per heavy atom. The van der Waals surface area contributed by atoms with Crippen molar-refractivity contribution in [3.8, 4) is 5.75 Å². The van der Waals surface area contributed by atoms with Gasteiger partial charge < -0.3 is 10.1 Å². The molecule has 2 aromatic rings. The molecule has 0 fully saturated rings. The van der Waals surface area contributed by atoms with E-state index < -0.39 is 29.1 Å². The first-order chi connectivity index (χ1) is 11.5. The standard InChI is InChI=1S/C16H13BrF4N2O2/c1-15(2,25-11-5-3-10(18)4-6-11)14(24)23-13-12(17)7-9(8-22-13)16(19,20)21/h3-8H,1-2H3,(H,22,23,24). The van der Waals surface area contributed by atoms with Gasteiger partial charge in [-0.15, -0.1) is 0 Å². The van der Waals surface area contributed by atoms with Crippen LogP contribution < -0.4 is 10.1 Å². The van der Waals surface area contributed by atoms with E-state index in [0.29, 0.717) is 6.20 Å². The molecule has 0 bridgehead atoms. The fraction of sp³-hybridized carbons (Fsp3) is 0.250. The van der Waals surface area contributed by atoms with Crippen LogP contribution in [0.5, 0.6) is 5.75 Å². The molecule has 25 heavy (non-hydrogen) atoms. The van der Waals surface area contributed by atoms with Gasteiger partial charge in [-0.25, -0.2) is 9.37 Å². The summed E-state index contributed by atoms with van der Waals surface area (Å²) in [6, 6.07) is 5.89. The van der Waals surface area contributed by atoms with Crippen molar-refractivity contribution in [1.29, 1.82) is 0 Å². The minimum Gasteiger partial charge on any atom is -0.478 e. The van der Waals surface area contributed by atoms with Crippen molar-refractivity contribution in [2.75, 3.05) is 5.32 Å². The summed E-state index contributed by atoms with van der Waals surface area (Å²) in [5.74, 6) is -0.896. The number of benzene rings is 1. The molecule has 0 aliphatic heterocycles. The number of anilines is 1. The van der Waals surface area contributed by atoms with Gasteiger partial charge in [0.25, 0.3) is 5.91 Å². The number of amides is 1. The molecule has 0 radical (unpaired) electrons. The van der Waals surface area contributed by atoms with Crippen LogP contribution in [0.2, 0.25) is 0 Å². The number of hydrogen-bond acceptors (Lipinski definition) is 3. The number of halogens is 5. The second kappa shape index (κ2) is 6.99. The average molecular weight is 421 g/mol. The van der Waals surface area contributed by atoms with Crippen molar-refractivity contribution in [1.82, 2.24) is 4.98 Å². The molecule has 0 aliphatic carbocycles. The number of nitrogens with one attached hydrogen (secondary N) is 1. The van der Waals surface area contributed by atoms with Crippen LogP contribution in [-0.4, -0.2) is 16.5 Å². The maximum absolute atomic E-state index is 12.9. The van der Waals surface area contributed by atoms with Gasteiger partial charge in [0.15, 0.2) is 5.60 Å². The Hall–Kier alpha value is -2.16. The van der Waals surface area contributed by atoms with Crippen molar-refractivity contribution in [3.63, 3.8) is 0 Å². The lowest BCUT2D eigenvalue weighted by atomic mass is 10.1. The summed E-state index contributed by atoms with van der Waals surface area (Å²) in [4.78, 5) is 16.0. The smallest absolute Gasteiger partial charge is 0.417 e. The Morgan fingerprint density at radius 3 is 2.32 bits per heavy atom. The molecule has 1 aromatic carbocycles. The van der Waals surface area contributed by atoms with E-state index in [2.05, 4.69) is 26.2 Å². The summed E-state index contributed by atoms with van der Waals surface area (Å²) in [6.45, 7) is 2.92. The number of aromatic nitrogens is 1. The van der Waals surface area contributed by atoms with Gasteiger partial charge in [-0.2, -0.15) is 13.2 Å². The van der Waals surface area contributed by atoms with Crippen LogP contribution in [-0.2, 0) is 11.0 Å². The third kappa shape index (κ3) is 4.91. The van der Waals surface area contributed by atoms with Gasteiger partial charge in [0.1, 0.15) is 17.4 Å². The van der Waals surface area contributed by atoms with Gasteiger partial charge in [-0.05, 0) is 60.1 Å². The van der Waals surface area contributed by atoms with Crippen LogP contribution in [0.1, 0.15) is 19.4 Å². The fourth-order valence-corrected chi connectivity index (χ4v) is 2.23. The number of ether oxygens (including phenoxy) is 1. The van der Waals surface area contributed by atoms with Crippen molar-refractivity contribution >= 4 is 27.7 Å². The van der Waals surface area contributed by atoms with Crippen molar-refractivity contribution < 1.29 is 27.1 Å². The number of carbonyl (C=O) groups excluding carboxylic acids is 1. The van der Waals surface area contributed by atoms with Crippen molar-refractivity contribution in [3.05, 3.63) is 52.4 Å². The molecule has 1 amide bonds. The number of alkyl halides is 3. The summed E-state index contributed by atoms with van der Waals surface area (Å²) in [7, 11) is 0. The summed E-state index contributed by atoms with van der Waals surface area (Å²) in [5, 5.41) is 2.40. The van der Waals surface area contributed by atoms with E-state index in [1.807, 2.05) is 0 Å². The number of hydrogen-bond donors (Lipinski definition) is 1. The van der Waals surface area contributed by atoms with E-state index >= 15 is 0 Å². The molecule has 1 aromatic heterocycles. The zero-order valence-corrected chi connectivity index (χ0v) is 14.7. The largest absolute Gasteiger partial charge is 0.478 e. The molecule has 4 nitrogen and oxygen atoms in total. The summed E-state index contributed by atoms with van der Waals surface area (Å²) < 4.78 is 56.3. The molecule has 9 heteroatoms. The van der Waals surface area contributed by atoms with Gasteiger partial charge in [-0.3, -0.25) is 4.79 Å². The van der Waals surface area contributed by atoms with Crippen LogP contribution in [0.15, 0.2) is 41.0 Å². The highest BCUT2D eigenvalue weighted by Crippen LogP contribution is 2.32. The van der Waals surface area contributed by atoms with E-state index in [-0.39, 0.29) is 16.0 Å². The molecule has 1 N–H and O–H groups in total. The second-order valence-electron chi connectivity index (χ2n) is 5.57. The molecule has 0 saturated carbocycles. The molecule has 0 unspecified atom stereocenters. The molecular weight excluding hydrogens is 408 g/mol. The normalized spacial score (nSPS) is 12.0. The number of rotatable bonds is 4. The first kappa shape index (κ1) is 19.2. The fourth-order valence-electron chi connectivity index (χ4n) is 1.79. The quantitative estimate of drug-likeness (QED) is 0.722. The highest BCUT2D eigenvalue weighted by atomic mass is 79.9. The average Bonchev–Trinajstić information content (AvgIpc) is 2.50. The van der Waals surface area contributed by atoms with Gasteiger partial charge in [0.2, 0.25) is 0 Å². The Morgan fingerprint density at radius 1 is 1.20 bits per heavy atom. The second-order valence-corrected chi connectivity index (χ2v) is 6.43. The van der Waals surface area contributed by atoms with E-state index in [4.69, 9.17) is 4.74 Å². The Kier molecular flexibility index (Phi) is 5.36. The van der Waals surface area contributed by atoms with E-state index in [9.17, 15) is 22.4 Å². The molecule has 0 atom stereocenters. The topological polar surface area (TPSA) is 51.2 Å². The first-order valence-electron chi connectivity index (χ1n) is 6.98. The van der Waals surface area contributed by atoms with Gasteiger partial charge in [0.05, 0.1) is 10.0 Å². The predicted octanol–water partition coefficient (Wildman–Crippen LogP) is 4.80. The van der Waals surface area contributed by atoms with Gasteiger partial charge in [-0.1, -0.05) is 0 Å². The highest BCUT2D eigenvalue weighted by molar-refractivity contribution is 9.10. The Balaban J connectivity index is 2.13. The first-order valence-corrected chi connectivity index (χ1v) is 7.77. The third-order valence-corrected chi connectivity index (χ3v) is 3.74. The van der Waals surface area contributed by atoms with E-state index in [0.717, 1.165) is 6.07 Å². The van der Waals surface area contributed by atoms with Crippen LogP contribution in [0, 0.1) is 5.82 Å². The van der Waals surface area contributed by atoms with Crippen LogP contribution >= 0.6 is 15.9 Å². The van der Waals surface area contributed by atoms with Gasteiger partial charge >= 0.3 is 6.18 Å². The Labute approximate surface area is 149 Å². The number of carbonyl (C=O) groups is 1. The van der Waals surface area contributed by atoms with E-state index in [1.165, 1.54) is 38.1 Å². The molecule has 1 heterocycles. The van der Waals surface area contributed by atoms with Crippen molar-refractivity contribution in [2.24, 2.45) is 0 Å². The molecule has 0 saturated heterocycles. The highest BCUT2D eigenvalue weighted by Gasteiger charge is 2.33. The zero-order valence-electron chi connectivity index (χ0n) is 13.1. The number of nitrogens with zero attached hydrogens (tertiary/aromatic N) is 1. The lowest BCUT2D eigenvalue weighted by molar-refractivity contribution is -0.137. The number of pyridine rings is 1. The minimum atomic E-state index is -4.54. The van der Waals surface area contributed by atoms with Crippen LogP contribution in [0.3, 0.4) is 0 Å². The predicted molar refractivity (Wildman–Crippen MR) is 86.7 cm³/mol. The SMILES string of the molecule is CC(C)(Oc1ccc(F)cc1)C(=O)Nc1ncc(C(F)(F)F)cc1Br. The molecular formula is C16H13BrF4N2O2. The Bertz CT molecular complexity index is 777. The summed E-state index contributed by atoms with van der Waals surface area (Å²) in [5.41, 5.74) is -2.32. The lowest BCUT2D eigenvalue weighted by Crippen LogP contribution is -2.42. The third-order valence-electron chi connectivity index (χ3n) is 3.13. The monoisotopic (exact) mass is 420 g/mol. The maximum Gasteiger partial charge on any atom is 0.417 e. The van der Waals surface area contributed by atoms with E-state index in [1.54, 1.807) is 0 Å². The lowest BCUT2D eigenvalue weighted by Gasteiger charge is -2.25. The zero-order chi connectivity index (χ0) is 18.8. The van der Waals surface area contributed by atoms with Crippen molar-refractivity contribution in [2.45, 2.75) is 25.6 Å². The summed E-state index contributed by atoms with van der Waals surface area (Å²) in [6.07, 6.45) is -3.92. The van der Waals surface area contributed by atoms with Crippen LogP contribution in [0.25, 0.3) is 0 Å². The molecule has 0 spiro atoms.